The molecule has 13 heavy (non-hydrogen) atoms. The fourth-order valence-corrected chi connectivity index (χ4v) is 2.17. The summed E-state index contributed by atoms with van der Waals surface area (Å²) in [5.41, 5.74) is 1.47. The van der Waals surface area contributed by atoms with Gasteiger partial charge in [-0.1, -0.05) is 32.3 Å². The molecule has 1 heteroatoms. The summed E-state index contributed by atoms with van der Waals surface area (Å²) in [6, 6.07) is 0. The van der Waals surface area contributed by atoms with E-state index in [1.807, 2.05) is 6.20 Å². The normalized spacial score (nSPS) is 27.5. The first kappa shape index (κ1) is 10.5. The van der Waals surface area contributed by atoms with Crippen molar-refractivity contribution in [1.82, 2.24) is 0 Å². The van der Waals surface area contributed by atoms with E-state index in [2.05, 4.69) is 32.0 Å². The number of aliphatic imine (C=N–C) groups is 1. The first-order chi connectivity index (χ1) is 6.29. The van der Waals surface area contributed by atoms with Crippen LogP contribution in [0.5, 0.6) is 0 Å². The van der Waals surface area contributed by atoms with Gasteiger partial charge in [-0.15, -0.1) is 0 Å². The lowest BCUT2D eigenvalue weighted by Gasteiger charge is -2.26. The topological polar surface area (TPSA) is 12.4 Å². The first-order valence-corrected chi connectivity index (χ1v) is 5.49. The molecule has 1 nitrogen and oxygen atoms in total. The van der Waals surface area contributed by atoms with Gasteiger partial charge in [0.1, 0.15) is 0 Å². The molecular weight excluding hydrogens is 158 g/mol. The van der Waals surface area contributed by atoms with Crippen LogP contribution in [0.4, 0.5) is 0 Å². The number of rotatable bonds is 4. The lowest BCUT2D eigenvalue weighted by Crippen LogP contribution is -2.19. The van der Waals surface area contributed by atoms with Crippen molar-refractivity contribution < 1.29 is 0 Å². The monoisotopic (exact) mass is 179 g/mol. The van der Waals surface area contributed by atoms with Crippen molar-refractivity contribution in [2.45, 2.75) is 46.5 Å². The molecule has 0 saturated carbocycles. The van der Waals surface area contributed by atoms with Gasteiger partial charge in [-0.2, -0.15) is 0 Å². The van der Waals surface area contributed by atoms with E-state index in [0.717, 1.165) is 5.92 Å². The summed E-state index contributed by atoms with van der Waals surface area (Å²) in [6.45, 7) is 6.74. The van der Waals surface area contributed by atoms with Gasteiger partial charge in [0.15, 0.2) is 0 Å². The van der Waals surface area contributed by atoms with Crippen LogP contribution in [-0.4, -0.2) is 6.21 Å². The average Bonchev–Trinajstić information content (AvgIpc) is 2.11. The van der Waals surface area contributed by atoms with Crippen LogP contribution in [0, 0.1) is 11.8 Å². The third kappa shape index (κ3) is 2.68. The minimum absolute atomic E-state index is 0.704. The van der Waals surface area contributed by atoms with E-state index in [9.17, 15) is 0 Å². The van der Waals surface area contributed by atoms with Crippen LogP contribution >= 0.6 is 0 Å². The molecule has 1 aliphatic heterocycles. The lowest BCUT2D eigenvalue weighted by molar-refractivity contribution is 0.416. The molecule has 0 aliphatic carbocycles. The van der Waals surface area contributed by atoms with E-state index in [4.69, 9.17) is 0 Å². The van der Waals surface area contributed by atoms with Crippen molar-refractivity contribution in [2.24, 2.45) is 16.8 Å². The molecule has 2 unspecified atom stereocenters. The molecule has 0 N–H and O–H groups in total. The Balaban J connectivity index is 2.61. The molecule has 1 rings (SSSR count). The van der Waals surface area contributed by atoms with Gasteiger partial charge in [0.25, 0.3) is 0 Å². The molecule has 0 aromatic heterocycles. The Labute approximate surface area is 82.0 Å². The molecular formula is C12H21N. The molecule has 0 saturated heterocycles. The second kappa shape index (κ2) is 5.21. The Morgan fingerprint density at radius 3 is 2.54 bits per heavy atom. The lowest BCUT2D eigenvalue weighted by atomic mass is 9.80. The Morgan fingerprint density at radius 1 is 1.23 bits per heavy atom. The minimum Gasteiger partial charge on any atom is -0.269 e. The summed E-state index contributed by atoms with van der Waals surface area (Å²) in [5, 5.41) is 0. The van der Waals surface area contributed by atoms with Gasteiger partial charge in [-0.05, 0) is 25.7 Å². The zero-order chi connectivity index (χ0) is 9.68. The van der Waals surface area contributed by atoms with Gasteiger partial charge in [0.2, 0.25) is 0 Å². The van der Waals surface area contributed by atoms with Crippen molar-refractivity contribution in [3.63, 3.8) is 0 Å². The number of hydrogen-bond donors (Lipinski definition) is 0. The molecule has 0 fully saturated rings. The third-order valence-corrected chi connectivity index (χ3v) is 2.88. The highest BCUT2D eigenvalue weighted by Gasteiger charge is 2.21. The number of allylic oxidation sites excluding steroid dienone is 1. The quantitative estimate of drug-likeness (QED) is 0.622. The van der Waals surface area contributed by atoms with E-state index in [-0.39, 0.29) is 0 Å². The number of nitrogens with zero attached hydrogens (tertiary/aromatic N) is 1. The second-order valence-corrected chi connectivity index (χ2v) is 4.02. The van der Waals surface area contributed by atoms with Crippen molar-refractivity contribution >= 4 is 6.21 Å². The van der Waals surface area contributed by atoms with Crippen LogP contribution in [-0.2, 0) is 0 Å². The SMILES string of the molecule is CCCC1C=NC=C(C)C1CCC. The van der Waals surface area contributed by atoms with E-state index >= 15 is 0 Å². The van der Waals surface area contributed by atoms with Crippen molar-refractivity contribution in [3.8, 4) is 0 Å². The highest BCUT2D eigenvalue weighted by Crippen LogP contribution is 2.30. The molecule has 1 heterocycles. The fraction of sp³-hybridized carbons (Fsp3) is 0.750. The Hall–Kier alpha value is -0.590. The van der Waals surface area contributed by atoms with Gasteiger partial charge in [-0.25, -0.2) is 0 Å². The maximum atomic E-state index is 4.30. The van der Waals surface area contributed by atoms with Crippen LogP contribution in [0.25, 0.3) is 0 Å². The summed E-state index contributed by atoms with van der Waals surface area (Å²) in [4.78, 5) is 4.30. The van der Waals surface area contributed by atoms with Crippen molar-refractivity contribution in [1.29, 1.82) is 0 Å². The first-order valence-electron chi connectivity index (χ1n) is 5.49. The van der Waals surface area contributed by atoms with E-state index in [1.165, 1.54) is 31.3 Å². The largest absolute Gasteiger partial charge is 0.269 e. The molecule has 0 spiro atoms. The predicted octanol–water partition coefficient (Wildman–Crippen LogP) is 3.81. The smallest absolute Gasteiger partial charge is 0.0256 e. The summed E-state index contributed by atoms with van der Waals surface area (Å²) in [5.74, 6) is 1.47. The Morgan fingerprint density at radius 2 is 1.92 bits per heavy atom. The van der Waals surface area contributed by atoms with E-state index in [0.29, 0.717) is 5.92 Å². The molecule has 0 aromatic carbocycles. The average molecular weight is 179 g/mol. The van der Waals surface area contributed by atoms with E-state index in [1.54, 1.807) is 0 Å². The van der Waals surface area contributed by atoms with Crippen LogP contribution in [0.2, 0.25) is 0 Å². The molecule has 0 bridgehead atoms. The van der Waals surface area contributed by atoms with Gasteiger partial charge >= 0.3 is 0 Å². The Bertz CT molecular complexity index is 203. The molecule has 0 aromatic rings. The minimum atomic E-state index is 0.704. The van der Waals surface area contributed by atoms with Crippen molar-refractivity contribution in [3.05, 3.63) is 11.8 Å². The summed E-state index contributed by atoms with van der Waals surface area (Å²) in [7, 11) is 0. The van der Waals surface area contributed by atoms with Gasteiger partial charge < -0.3 is 0 Å². The zero-order valence-electron chi connectivity index (χ0n) is 9.09. The third-order valence-electron chi connectivity index (χ3n) is 2.88. The maximum Gasteiger partial charge on any atom is 0.0256 e. The standard InChI is InChI=1S/C12H21N/c1-4-6-11-9-13-8-10(3)12(11)7-5-2/h8-9,11-12H,4-7H2,1-3H3. The fourth-order valence-electron chi connectivity index (χ4n) is 2.17. The molecule has 2 atom stereocenters. The van der Waals surface area contributed by atoms with Crippen LogP contribution in [0.1, 0.15) is 46.5 Å². The molecule has 0 amide bonds. The maximum absolute atomic E-state index is 4.30. The Kier molecular flexibility index (Phi) is 4.20. The van der Waals surface area contributed by atoms with Gasteiger partial charge in [-0.3, -0.25) is 4.99 Å². The summed E-state index contributed by atoms with van der Waals surface area (Å²) < 4.78 is 0. The highest BCUT2D eigenvalue weighted by molar-refractivity contribution is 5.64. The molecule has 0 radical (unpaired) electrons. The van der Waals surface area contributed by atoms with Gasteiger partial charge in [0, 0.05) is 18.3 Å². The summed E-state index contributed by atoms with van der Waals surface area (Å²) >= 11 is 0. The molecule has 1 aliphatic rings. The second-order valence-electron chi connectivity index (χ2n) is 4.02. The predicted molar refractivity (Wildman–Crippen MR) is 59.0 cm³/mol. The zero-order valence-corrected chi connectivity index (χ0v) is 9.09. The molecule has 74 valence electrons. The number of hydrogen-bond acceptors (Lipinski definition) is 1. The van der Waals surface area contributed by atoms with Crippen molar-refractivity contribution in [2.75, 3.05) is 0 Å². The van der Waals surface area contributed by atoms with Gasteiger partial charge in [0.05, 0.1) is 0 Å². The summed E-state index contributed by atoms with van der Waals surface area (Å²) in [6.07, 6.45) is 9.34. The highest BCUT2D eigenvalue weighted by atomic mass is 14.7. The van der Waals surface area contributed by atoms with Crippen LogP contribution < -0.4 is 0 Å². The van der Waals surface area contributed by atoms with Crippen LogP contribution in [0.3, 0.4) is 0 Å². The van der Waals surface area contributed by atoms with E-state index < -0.39 is 0 Å². The van der Waals surface area contributed by atoms with Crippen LogP contribution in [0.15, 0.2) is 16.8 Å².